The highest BCUT2D eigenvalue weighted by molar-refractivity contribution is 6.04. The number of hydrogen-bond donors (Lipinski definition) is 1. The molecule has 0 aliphatic rings. The van der Waals surface area contributed by atoms with Crippen molar-refractivity contribution in [3.8, 4) is 5.75 Å². The van der Waals surface area contributed by atoms with Crippen LogP contribution in [0.15, 0.2) is 78.9 Å². The molecule has 0 aliphatic heterocycles. The maximum Gasteiger partial charge on any atom is 0.337 e. The Balaban J connectivity index is 1.58. The zero-order valence-corrected chi connectivity index (χ0v) is 15.6. The summed E-state index contributed by atoms with van der Waals surface area (Å²) in [6.07, 6.45) is 0.795. The Morgan fingerprint density at radius 1 is 0.857 bits per heavy atom. The van der Waals surface area contributed by atoms with Gasteiger partial charge in [-0.15, -0.1) is 0 Å². The molecule has 0 aliphatic carbocycles. The van der Waals surface area contributed by atoms with E-state index in [0.717, 1.165) is 6.42 Å². The van der Waals surface area contributed by atoms with E-state index in [1.165, 1.54) is 12.7 Å². The standard InChI is InChI=1S/C23H21NO4/c1-27-23(26)18-10-12-20(13-11-18)24-22(25)19-8-5-9-21(16-19)28-15-14-17-6-3-2-4-7-17/h2-13,16H,14-15H2,1H3,(H,24,25). The van der Waals surface area contributed by atoms with Crippen LogP contribution >= 0.6 is 0 Å². The van der Waals surface area contributed by atoms with Gasteiger partial charge in [-0.25, -0.2) is 4.79 Å². The zero-order valence-electron chi connectivity index (χ0n) is 15.6. The third kappa shape index (κ3) is 5.20. The molecule has 3 aromatic rings. The quantitative estimate of drug-likeness (QED) is 0.624. The number of methoxy groups -OCH3 is 1. The summed E-state index contributed by atoms with van der Waals surface area (Å²) in [4.78, 5) is 23.9. The molecule has 0 spiro atoms. The summed E-state index contributed by atoms with van der Waals surface area (Å²) in [6.45, 7) is 0.532. The van der Waals surface area contributed by atoms with E-state index >= 15 is 0 Å². The van der Waals surface area contributed by atoms with E-state index < -0.39 is 5.97 Å². The monoisotopic (exact) mass is 375 g/mol. The van der Waals surface area contributed by atoms with E-state index in [1.54, 1.807) is 42.5 Å². The van der Waals surface area contributed by atoms with Gasteiger partial charge in [0.1, 0.15) is 5.75 Å². The first-order chi connectivity index (χ1) is 13.7. The number of esters is 1. The van der Waals surface area contributed by atoms with Crippen LogP contribution in [-0.2, 0) is 11.2 Å². The van der Waals surface area contributed by atoms with Crippen LogP contribution in [0.1, 0.15) is 26.3 Å². The summed E-state index contributed by atoms with van der Waals surface area (Å²) in [5, 5.41) is 2.80. The summed E-state index contributed by atoms with van der Waals surface area (Å²) in [6, 6.07) is 23.7. The lowest BCUT2D eigenvalue weighted by atomic mass is 10.1. The maximum atomic E-state index is 12.5. The summed E-state index contributed by atoms with van der Waals surface area (Å²) < 4.78 is 10.4. The molecule has 0 heterocycles. The first-order valence-corrected chi connectivity index (χ1v) is 8.92. The maximum absolute atomic E-state index is 12.5. The van der Waals surface area contributed by atoms with E-state index in [-0.39, 0.29) is 5.91 Å². The highest BCUT2D eigenvalue weighted by Crippen LogP contribution is 2.17. The fourth-order valence-corrected chi connectivity index (χ4v) is 2.67. The van der Waals surface area contributed by atoms with Gasteiger partial charge in [-0.2, -0.15) is 0 Å². The second kappa shape index (κ2) is 9.37. The number of ether oxygens (including phenoxy) is 2. The van der Waals surface area contributed by atoms with Crippen molar-refractivity contribution in [1.29, 1.82) is 0 Å². The molecule has 5 nitrogen and oxygen atoms in total. The fraction of sp³-hybridized carbons (Fsp3) is 0.130. The van der Waals surface area contributed by atoms with E-state index in [0.29, 0.717) is 29.2 Å². The van der Waals surface area contributed by atoms with E-state index in [2.05, 4.69) is 22.2 Å². The fourth-order valence-electron chi connectivity index (χ4n) is 2.67. The van der Waals surface area contributed by atoms with Gasteiger partial charge in [-0.3, -0.25) is 4.79 Å². The van der Waals surface area contributed by atoms with Gasteiger partial charge in [-0.05, 0) is 48.0 Å². The van der Waals surface area contributed by atoms with Crippen LogP contribution in [0.5, 0.6) is 5.75 Å². The van der Waals surface area contributed by atoms with E-state index in [1.807, 2.05) is 24.3 Å². The van der Waals surface area contributed by atoms with Crippen LogP contribution in [0.3, 0.4) is 0 Å². The molecule has 0 radical (unpaired) electrons. The van der Waals surface area contributed by atoms with Crippen molar-refractivity contribution in [2.75, 3.05) is 19.0 Å². The molecular weight excluding hydrogens is 354 g/mol. The second-order valence-electron chi connectivity index (χ2n) is 6.13. The molecule has 0 atom stereocenters. The molecular formula is C23H21NO4. The van der Waals surface area contributed by atoms with Gasteiger partial charge >= 0.3 is 5.97 Å². The Kier molecular flexibility index (Phi) is 6.41. The Labute approximate surface area is 163 Å². The minimum absolute atomic E-state index is 0.251. The molecule has 0 unspecified atom stereocenters. The van der Waals surface area contributed by atoms with Gasteiger partial charge < -0.3 is 14.8 Å². The minimum Gasteiger partial charge on any atom is -0.493 e. The predicted octanol–water partition coefficient (Wildman–Crippen LogP) is 4.35. The molecule has 28 heavy (non-hydrogen) atoms. The van der Waals surface area contributed by atoms with Gasteiger partial charge in [-0.1, -0.05) is 36.4 Å². The number of benzene rings is 3. The molecule has 0 fully saturated rings. The predicted molar refractivity (Wildman–Crippen MR) is 108 cm³/mol. The summed E-state index contributed by atoms with van der Waals surface area (Å²) in [5.41, 5.74) is 2.71. The number of hydrogen-bond acceptors (Lipinski definition) is 4. The highest BCUT2D eigenvalue weighted by Gasteiger charge is 2.09. The average molecular weight is 375 g/mol. The topological polar surface area (TPSA) is 64.6 Å². The third-order valence-corrected chi connectivity index (χ3v) is 4.16. The lowest BCUT2D eigenvalue weighted by Gasteiger charge is -2.09. The van der Waals surface area contributed by atoms with Crippen LogP contribution in [-0.4, -0.2) is 25.6 Å². The zero-order chi connectivity index (χ0) is 19.8. The van der Waals surface area contributed by atoms with E-state index in [4.69, 9.17) is 4.74 Å². The van der Waals surface area contributed by atoms with Gasteiger partial charge in [0, 0.05) is 17.7 Å². The molecule has 142 valence electrons. The number of carbonyl (C=O) groups is 2. The second-order valence-corrected chi connectivity index (χ2v) is 6.13. The van der Waals surface area contributed by atoms with Crippen molar-refractivity contribution in [2.45, 2.75) is 6.42 Å². The molecule has 1 amide bonds. The van der Waals surface area contributed by atoms with Crippen molar-refractivity contribution in [2.24, 2.45) is 0 Å². The van der Waals surface area contributed by atoms with Crippen molar-refractivity contribution >= 4 is 17.6 Å². The van der Waals surface area contributed by atoms with Crippen LogP contribution in [0.2, 0.25) is 0 Å². The van der Waals surface area contributed by atoms with Crippen molar-refractivity contribution in [3.05, 3.63) is 95.6 Å². The van der Waals surface area contributed by atoms with Gasteiger partial charge in [0.2, 0.25) is 0 Å². The molecule has 0 aromatic heterocycles. The molecule has 0 saturated carbocycles. The summed E-state index contributed by atoms with van der Waals surface area (Å²) >= 11 is 0. The van der Waals surface area contributed by atoms with Crippen LogP contribution in [0.25, 0.3) is 0 Å². The summed E-state index contributed by atoms with van der Waals surface area (Å²) in [5.74, 6) is -0.0258. The third-order valence-electron chi connectivity index (χ3n) is 4.16. The molecule has 5 heteroatoms. The van der Waals surface area contributed by atoms with E-state index in [9.17, 15) is 9.59 Å². The van der Waals surface area contributed by atoms with Crippen LogP contribution in [0.4, 0.5) is 5.69 Å². The van der Waals surface area contributed by atoms with Gasteiger partial charge in [0.15, 0.2) is 0 Å². The smallest absolute Gasteiger partial charge is 0.337 e. The van der Waals surface area contributed by atoms with Crippen LogP contribution in [0, 0.1) is 0 Å². The first-order valence-electron chi connectivity index (χ1n) is 8.92. The van der Waals surface area contributed by atoms with Crippen molar-refractivity contribution in [3.63, 3.8) is 0 Å². The Morgan fingerprint density at radius 2 is 1.61 bits per heavy atom. The number of amides is 1. The SMILES string of the molecule is COC(=O)c1ccc(NC(=O)c2cccc(OCCc3ccccc3)c2)cc1. The minimum atomic E-state index is -0.418. The normalized spacial score (nSPS) is 10.2. The van der Waals surface area contributed by atoms with Crippen molar-refractivity contribution < 1.29 is 19.1 Å². The molecule has 3 aromatic carbocycles. The lowest BCUT2D eigenvalue weighted by Crippen LogP contribution is -2.12. The number of anilines is 1. The Hall–Kier alpha value is -3.60. The average Bonchev–Trinajstić information content (AvgIpc) is 2.74. The molecule has 3 rings (SSSR count). The van der Waals surface area contributed by atoms with Gasteiger partial charge in [0.05, 0.1) is 19.3 Å². The summed E-state index contributed by atoms with van der Waals surface area (Å²) in [7, 11) is 1.33. The Bertz CT molecular complexity index is 936. The highest BCUT2D eigenvalue weighted by atomic mass is 16.5. The molecule has 1 N–H and O–H groups in total. The van der Waals surface area contributed by atoms with Gasteiger partial charge in [0.25, 0.3) is 5.91 Å². The number of nitrogens with one attached hydrogen (secondary N) is 1. The Morgan fingerprint density at radius 3 is 2.32 bits per heavy atom. The lowest BCUT2D eigenvalue weighted by molar-refractivity contribution is 0.0600. The molecule has 0 saturated heterocycles. The van der Waals surface area contributed by atoms with Crippen molar-refractivity contribution in [1.82, 2.24) is 0 Å². The van der Waals surface area contributed by atoms with Crippen LogP contribution < -0.4 is 10.1 Å². The molecule has 0 bridgehead atoms. The largest absolute Gasteiger partial charge is 0.493 e. The number of rotatable bonds is 7. The number of carbonyl (C=O) groups excluding carboxylic acids is 2. The first kappa shape index (κ1) is 19.2.